The fraction of sp³-hybridized carbons (Fsp3) is 0.333. The molecule has 0 radical (unpaired) electrons. The lowest BCUT2D eigenvalue weighted by Gasteiger charge is -2.06. The SMILES string of the molecule is CCNc1cc(N)cc(CO)c1. The summed E-state index contributed by atoms with van der Waals surface area (Å²) in [5.41, 5.74) is 8.09. The Morgan fingerprint density at radius 3 is 2.75 bits per heavy atom. The molecule has 0 aliphatic rings. The lowest BCUT2D eigenvalue weighted by Crippen LogP contribution is -1.99. The van der Waals surface area contributed by atoms with Gasteiger partial charge in [-0.25, -0.2) is 0 Å². The van der Waals surface area contributed by atoms with Crippen LogP contribution in [0.5, 0.6) is 0 Å². The van der Waals surface area contributed by atoms with Crippen molar-refractivity contribution in [3.05, 3.63) is 23.8 Å². The number of anilines is 2. The fourth-order valence-corrected chi connectivity index (χ4v) is 1.12. The lowest BCUT2D eigenvalue weighted by atomic mass is 10.2. The summed E-state index contributed by atoms with van der Waals surface area (Å²) in [5, 5.41) is 12.0. The van der Waals surface area contributed by atoms with Crippen molar-refractivity contribution in [2.75, 3.05) is 17.6 Å². The van der Waals surface area contributed by atoms with Crippen LogP contribution >= 0.6 is 0 Å². The van der Waals surface area contributed by atoms with Crippen molar-refractivity contribution in [3.63, 3.8) is 0 Å². The Balaban J connectivity index is 2.90. The predicted octanol–water partition coefficient (Wildman–Crippen LogP) is 1.19. The first-order chi connectivity index (χ1) is 5.76. The monoisotopic (exact) mass is 166 g/mol. The fourth-order valence-electron chi connectivity index (χ4n) is 1.12. The first-order valence-electron chi connectivity index (χ1n) is 4.00. The number of aliphatic hydroxyl groups is 1. The van der Waals surface area contributed by atoms with E-state index in [1.54, 1.807) is 6.07 Å². The third-order valence-electron chi connectivity index (χ3n) is 1.58. The van der Waals surface area contributed by atoms with Gasteiger partial charge in [0.15, 0.2) is 0 Å². The van der Waals surface area contributed by atoms with Crippen LogP contribution in [0, 0.1) is 0 Å². The van der Waals surface area contributed by atoms with Crippen LogP contribution in [0.2, 0.25) is 0 Å². The zero-order chi connectivity index (χ0) is 8.97. The standard InChI is InChI=1S/C9H14N2O/c1-2-11-9-4-7(6-12)3-8(10)5-9/h3-5,11-12H,2,6,10H2,1H3. The van der Waals surface area contributed by atoms with Gasteiger partial charge in [0.25, 0.3) is 0 Å². The summed E-state index contributed by atoms with van der Waals surface area (Å²) in [5.74, 6) is 0. The van der Waals surface area contributed by atoms with E-state index in [1.807, 2.05) is 19.1 Å². The zero-order valence-corrected chi connectivity index (χ0v) is 7.17. The summed E-state index contributed by atoms with van der Waals surface area (Å²) in [6, 6.07) is 5.50. The van der Waals surface area contributed by atoms with E-state index in [2.05, 4.69) is 5.32 Å². The molecule has 1 rings (SSSR count). The molecule has 3 heteroatoms. The van der Waals surface area contributed by atoms with Gasteiger partial charge in [0.2, 0.25) is 0 Å². The molecule has 0 amide bonds. The molecular weight excluding hydrogens is 152 g/mol. The van der Waals surface area contributed by atoms with Crippen molar-refractivity contribution in [1.29, 1.82) is 0 Å². The predicted molar refractivity (Wildman–Crippen MR) is 50.9 cm³/mol. The van der Waals surface area contributed by atoms with E-state index in [4.69, 9.17) is 10.8 Å². The van der Waals surface area contributed by atoms with Crippen LogP contribution in [-0.4, -0.2) is 11.7 Å². The van der Waals surface area contributed by atoms with E-state index >= 15 is 0 Å². The summed E-state index contributed by atoms with van der Waals surface area (Å²) in [6.45, 7) is 2.90. The van der Waals surface area contributed by atoms with Crippen molar-refractivity contribution >= 4 is 11.4 Å². The summed E-state index contributed by atoms with van der Waals surface area (Å²) >= 11 is 0. The number of aliphatic hydroxyl groups excluding tert-OH is 1. The van der Waals surface area contributed by atoms with Crippen LogP contribution in [0.1, 0.15) is 12.5 Å². The molecule has 1 aromatic carbocycles. The number of benzene rings is 1. The van der Waals surface area contributed by atoms with E-state index in [-0.39, 0.29) is 6.61 Å². The van der Waals surface area contributed by atoms with Crippen molar-refractivity contribution in [2.45, 2.75) is 13.5 Å². The van der Waals surface area contributed by atoms with Gasteiger partial charge in [-0.3, -0.25) is 0 Å². The first-order valence-corrected chi connectivity index (χ1v) is 4.00. The van der Waals surface area contributed by atoms with Crippen molar-refractivity contribution in [2.24, 2.45) is 0 Å². The van der Waals surface area contributed by atoms with Gasteiger partial charge < -0.3 is 16.2 Å². The minimum absolute atomic E-state index is 0.0312. The molecule has 0 bridgehead atoms. The maximum Gasteiger partial charge on any atom is 0.0683 e. The Kier molecular flexibility index (Phi) is 2.94. The minimum Gasteiger partial charge on any atom is -0.399 e. The summed E-state index contributed by atoms with van der Waals surface area (Å²) < 4.78 is 0. The topological polar surface area (TPSA) is 58.3 Å². The van der Waals surface area contributed by atoms with Gasteiger partial charge in [0.1, 0.15) is 0 Å². The average Bonchev–Trinajstić information content (AvgIpc) is 2.04. The normalized spacial score (nSPS) is 9.83. The summed E-state index contributed by atoms with van der Waals surface area (Å²) in [6.07, 6.45) is 0. The molecule has 0 fully saturated rings. The number of hydrogen-bond acceptors (Lipinski definition) is 3. The highest BCUT2D eigenvalue weighted by Crippen LogP contribution is 2.16. The van der Waals surface area contributed by atoms with Crippen molar-refractivity contribution in [1.82, 2.24) is 0 Å². The largest absolute Gasteiger partial charge is 0.399 e. The molecule has 0 saturated heterocycles. The Labute approximate surface area is 72.2 Å². The molecule has 0 aromatic heterocycles. The van der Waals surface area contributed by atoms with Crippen molar-refractivity contribution in [3.8, 4) is 0 Å². The Bertz CT molecular complexity index is 261. The van der Waals surface area contributed by atoms with Crippen LogP contribution in [-0.2, 0) is 6.61 Å². The van der Waals surface area contributed by atoms with E-state index in [9.17, 15) is 0 Å². The molecule has 0 heterocycles. The number of rotatable bonds is 3. The number of hydrogen-bond donors (Lipinski definition) is 3. The highest BCUT2D eigenvalue weighted by Gasteiger charge is 1.96. The zero-order valence-electron chi connectivity index (χ0n) is 7.17. The summed E-state index contributed by atoms with van der Waals surface area (Å²) in [7, 11) is 0. The molecule has 0 aliphatic carbocycles. The molecule has 1 aromatic rings. The smallest absolute Gasteiger partial charge is 0.0683 e. The van der Waals surface area contributed by atoms with Gasteiger partial charge in [0, 0.05) is 17.9 Å². The average molecular weight is 166 g/mol. The number of nitrogens with one attached hydrogen (secondary N) is 1. The Morgan fingerprint density at radius 2 is 2.17 bits per heavy atom. The molecular formula is C9H14N2O. The third kappa shape index (κ3) is 2.13. The van der Waals surface area contributed by atoms with Gasteiger partial charge in [-0.15, -0.1) is 0 Å². The van der Waals surface area contributed by atoms with E-state index in [0.29, 0.717) is 5.69 Å². The van der Waals surface area contributed by atoms with Crippen molar-refractivity contribution < 1.29 is 5.11 Å². The maximum absolute atomic E-state index is 8.87. The second-order valence-corrected chi connectivity index (χ2v) is 2.65. The van der Waals surface area contributed by atoms with E-state index in [0.717, 1.165) is 17.8 Å². The first kappa shape index (κ1) is 8.87. The van der Waals surface area contributed by atoms with Gasteiger partial charge in [0.05, 0.1) is 6.61 Å². The molecule has 66 valence electrons. The van der Waals surface area contributed by atoms with Gasteiger partial charge in [-0.2, -0.15) is 0 Å². The van der Waals surface area contributed by atoms with Crippen LogP contribution in [0.3, 0.4) is 0 Å². The highest BCUT2D eigenvalue weighted by molar-refractivity contribution is 5.56. The second kappa shape index (κ2) is 3.97. The molecule has 3 nitrogen and oxygen atoms in total. The third-order valence-corrected chi connectivity index (χ3v) is 1.58. The quantitative estimate of drug-likeness (QED) is 0.591. The van der Waals surface area contributed by atoms with Gasteiger partial charge in [-0.1, -0.05) is 0 Å². The molecule has 12 heavy (non-hydrogen) atoms. The highest BCUT2D eigenvalue weighted by atomic mass is 16.3. The van der Waals surface area contributed by atoms with Gasteiger partial charge in [-0.05, 0) is 30.7 Å². The minimum atomic E-state index is 0.0312. The molecule has 0 saturated carbocycles. The Hall–Kier alpha value is -1.22. The van der Waals surface area contributed by atoms with Crippen LogP contribution in [0.25, 0.3) is 0 Å². The molecule has 0 atom stereocenters. The van der Waals surface area contributed by atoms with Crippen LogP contribution < -0.4 is 11.1 Å². The van der Waals surface area contributed by atoms with Crippen LogP contribution in [0.4, 0.5) is 11.4 Å². The van der Waals surface area contributed by atoms with E-state index in [1.165, 1.54) is 0 Å². The maximum atomic E-state index is 8.87. The van der Waals surface area contributed by atoms with Gasteiger partial charge >= 0.3 is 0 Å². The molecule has 0 aliphatic heterocycles. The molecule has 4 N–H and O–H groups in total. The number of nitrogen functional groups attached to an aromatic ring is 1. The van der Waals surface area contributed by atoms with Crippen LogP contribution in [0.15, 0.2) is 18.2 Å². The molecule has 0 unspecified atom stereocenters. The van der Waals surface area contributed by atoms with E-state index < -0.39 is 0 Å². The summed E-state index contributed by atoms with van der Waals surface area (Å²) in [4.78, 5) is 0. The Morgan fingerprint density at radius 1 is 1.42 bits per heavy atom. The number of nitrogens with two attached hydrogens (primary N) is 1. The lowest BCUT2D eigenvalue weighted by molar-refractivity contribution is 0.282. The molecule has 0 spiro atoms. The second-order valence-electron chi connectivity index (χ2n) is 2.65.